The lowest BCUT2D eigenvalue weighted by Crippen LogP contribution is -2.11. The monoisotopic (exact) mass is 214 g/mol. The Hall–Kier alpha value is -1.55. The topological polar surface area (TPSA) is 84.8 Å². The second-order valence-electron chi connectivity index (χ2n) is 2.46. The zero-order chi connectivity index (χ0) is 11.1. The summed E-state index contributed by atoms with van der Waals surface area (Å²) in [4.78, 5) is 13.8. The Kier molecular flexibility index (Phi) is 5.33. The van der Waals surface area contributed by atoms with E-state index >= 15 is 0 Å². The van der Waals surface area contributed by atoms with E-state index in [1.807, 2.05) is 0 Å². The summed E-state index contributed by atoms with van der Waals surface area (Å²) in [7, 11) is 1.74. The first-order valence-corrected chi connectivity index (χ1v) is 4.13. The number of thiocyanates is 1. The maximum absolute atomic E-state index is 10.3. The van der Waals surface area contributed by atoms with Crippen LogP contribution >= 0.6 is 12.6 Å². The summed E-state index contributed by atoms with van der Waals surface area (Å²) in [5.74, 6) is 0.481. The highest BCUT2D eigenvalue weighted by atomic mass is 32.1. The first-order chi connectivity index (χ1) is 6.54. The van der Waals surface area contributed by atoms with Gasteiger partial charge in [0, 0.05) is 31.3 Å². The summed E-state index contributed by atoms with van der Waals surface area (Å²) in [6.45, 7) is 1.52. The molecule has 0 aliphatic heterocycles. The van der Waals surface area contributed by atoms with E-state index in [0.29, 0.717) is 5.82 Å². The molecule has 14 heavy (non-hydrogen) atoms. The lowest BCUT2D eigenvalue weighted by atomic mass is 10.3. The Morgan fingerprint density at radius 1 is 1.86 bits per heavy atom. The standard InChI is InChI=1S/C6H9N3O2.CHNS/c1-5(9(10)11)6-7-3-4-8(6)2;2-1-3/h3-5H,1-2H3;3H. The van der Waals surface area contributed by atoms with Gasteiger partial charge in [-0.15, -0.1) is 0 Å². The summed E-state index contributed by atoms with van der Waals surface area (Å²) in [5.41, 5.74) is 0. The van der Waals surface area contributed by atoms with Crippen molar-refractivity contribution >= 4 is 12.6 Å². The minimum atomic E-state index is -0.727. The molecule has 1 aromatic rings. The summed E-state index contributed by atoms with van der Waals surface area (Å²) >= 11 is 3.09. The van der Waals surface area contributed by atoms with Gasteiger partial charge in [0.05, 0.1) is 0 Å². The first kappa shape index (κ1) is 12.4. The minimum Gasteiger partial charge on any atom is -0.332 e. The van der Waals surface area contributed by atoms with E-state index in [1.54, 1.807) is 24.0 Å². The SMILES string of the molecule is CC(c1nccn1C)[N+](=O)[O-].N#CS. The molecule has 1 heterocycles. The van der Waals surface area contributed by atoms with Gasteiger partial charge in [-0.3, -0.25) is 10.1 Å². The summed E-state index contributed by atoms with van der Waals surface area (Å²) < 4.78 is 1.65. The number of nitro groups is 1. The molecule has 0 N–H and O–H groups in total. The van der Waals surface area contributed by atoms with Crippen LogP contribution < -0.4 is 0 Å². The van der Waals surface area contributed by atoms with Crippen LogP contribution in [0.5, 0.6) is 0 Å². The Balaban J connectivity index is 0.000000500. The molecule has 0 radical (unpaired) electrons. The van der Waals surface area contributed by atoms with Gasteiger partial charge >= 0.3 is 0 Å². The van der Waals surface area contributed by atoms with Crippen LogP contribution in [0.3, 0.4) is 0 Å². The molecule has 0 saturated carbocycles. The molecule has 1 unspecified atom stereocenters. The van der Waals surface area contributed by atoms with Crippen molar-refractivity contribution in [3.05, 3.63) is 28.3 Å². The fraction of sp³-hybridized carbons (Fsp3) is 0.429. The van der Waals surface area contributed by atoms with Gasteiger partial charge in [-0.25, -0.2) is 4.98 Å². The van der Waals surface area contributed by atoms with E-state index in [0.717, 1.165) is 0 Å². The van der Waals surface area contributed by atoms with E-state index < -0.39 is 6.04 Å². The summed E-state index contributed by atoms with van der Waals surface area (Å²) in [6.07, 6.45) is 3.24. The molecule has 0 fully saturated rings. The van der Waals surface area contributed by atoms with Crippen LogP contribution in [0, 0.1) is 20.8 Å². The number of thiol groups is 1. The van der Waals surface area contributed by atoms with Crippen molar-refractivity contribution in [3.8, 4) is 5.40 Å². The Bertz CT molecular complexity index is 344. The van der Waals surface area contributed by atoms with Crippen LogP contribution in [0.25, 0.3) is 0 Å². The van der Waals surface area contributed by atoms with E-state index in [4.69, 9.17) is 5.26 Å². The fourth-order valence-corrected chi connectivity index (χ4v) is 0.874. The third-order valence-electron chi connectivity index (χ3n) is 1.55. The van der Waals surface area contributed by atoms with Crippen molar-refractivity contribution in [3.63, 3.8) is 0 Å². The highest BCUT2D eigenvalue weighted by Gasteiger charge is 2.19. The molecule has 0 aliphatic carbocycles. The maximum atomic E-state index is 10.3. The lowest BCUT2D eigenvalue weighted by molar-refractivity contribution is -0.526. The largest absolute Gasteiger partial charge is 0.332 e. The molecule has 76 valence electrons. The molecule has 0 amide bonds. The van der Waals surface area contributed by atoms with Crippen LogP contribution in [0.1, 0.15) is 18.8 Å². The van der Waals surface area contributed by atoms with Crippen molar-refractivity contribution in [2.45, 2.75) is 13.0 Å². The number of nitrogens with zero attached hydrogens (tertiary/aromatic N) is 4. The third kappa shape index (κ3) is 3.45. The van der Waals surface area contributed by atoms with Crippen LogP contribution in [0.2, 0.25) is 0 Å². The van der Waals surface area contributed by atoms with Gasteiger partial charge in [-0.2, -0.15) is 5.26 Å². The van der Waals surface area contributed by atoms with Crippen molar-refractivity contribution in [2.24, 2.45) is 7.05 Å². The van der Waals surface area contributed by atoms with Gasteiger partial charge in [0.1, 0.15) is 5.40 Å². The van der Waals surface area contributed by atoms with E-state index in [-0.39, 0.29) is 4.92 Å². The highest BCUT2D eigenvalue weighted by molar-refractivity contribution is 7.85. The van der Waals surface area contributed by atoms with Crippen LogP contribution in [-0.2, 0) is 7.05 Å². The van der Waals surface area contributed by atoms with Crippen molar-refractivity contribution in [1.82, 2.24) is 9.55 Å². The van der Waals surface area contributed by atoms with Crippen LogP contribution in [-0.4, -0.2) is 14.5 Å². The summed E-state index contributed by atoms with van der Waals surface area (Å²) in [5, 5.41) is 18.9. The van der Waals surface area contributed by atoms with E-state index in [2.05, 4.69) is 17.6 Å². The average Bonchev–Trinajstić information content (AvgIpc) is 2.51. The predicted molar refractivity (Wildman–Crippen MR) is 53.2 cm³/mol. The van der Waals surface area contributed by atoms with Gasteiger partial charge < -0.3 is 4.57 Å². The molecule has 0 aliphatic rings. The zero-order valence-corrected chi connectivity index (χ0v) is 8.68. The van der Waals surface area contributed by atoms with Gasteiger partial charge in [-0.05, 0) is 0 Å². The predicted octanol–water partition coefficient (Wildman–Crippen LogP) is 1.16. The Morgan fingerprint density at radius 2 is 2.36 bits per heavy atom. The quantitative estimate of drug-likeness (QED) is 0.346. The molecule has 6 nitrogen and oxygen atoms in total. The number of hydrogen-bond donors (Lipinski definition) is 1. The molecule has 1 aromatic heterocycles. The number of aromatic nitrogens is 2. The van der Waals surface area contributed by atoms with Gasteiger partial charge in [-0.1, -0.05) is 12.6 Å². The normalized spacial score (nSPS) is 10.7. The van der Waals surface area contributed by atoms with Gasteiger partial charge in [0.25, 0.3) is 6.04 Å². The molecule has 0 bridgehead atoms. The van der Waals surface area contributed by atoms with Crippen molar-refractivity contribution in [2.75, 3.05) is 0 Å². The van der Waals surface area contributed by atoms with Crippen LogP contribution in [0.15, 0.2) is 12.4 Å². The molecule has 1 atom stereocenters. The number of aryl methyl sites for hydroxylation is 1. The molecular formula is C7H10N4O2S. The molecule has 0 spiro atoms. The van der Waals surface area contributed by atoms with Crippen molar-refractivity contribution in [1.29, 1.82) is 5.26 Å². The molecule has 1 rings (SSSR count). The molecule has 7 heteroatoms. The van der Waals surface area contributed by atoms with Gasteiger partial charge in [0.15, 0.2) is 5.82 Å². The summed E-state index contributed by atoms with van der Waals surface area (Å²) in [6, 6.07) is -0.727. The van der Waals surface area contributed by atoms with Crippen LogP contribution in [0.4, 0.5) is 0 Å². The van der Waals surface area contributed by atoms with E-state index in [9.17, 15) is 10.1 Å². The Labute approximate surface area is 86.7 Å². The molecule has 0 aromatic carbocycles. The number of hydrogen-bond acceptors (Lipinski definition) is 5. The minimum absolute atomic E-state index is 0.359. The number of nitriles is 1. The highest BCUT2D eigenvalue weighted by Crippen LogP contribution is 2.11. The fourth-order valence-electron chi connectivity index (χ4n) is 0.874. The number of rotatable bonds is 2. The maximum Gasteiger partial charge on any atom is 0.267 e. The zero-order valence-electron chi connectivity index (χ0n) is 7.78. The van der Waals surface area contributed by atoms with Crippen molar-refractivity contribution < 1.29 is 4.92 Å². The van der Waals surface area contributed by atoms with E-state index in [1.165, 1.54) is 12.3 Å². The number of imidazole rings is 1. The lowest BCUT2D eigenvalue weighted by Gasteiger charge is -2.02. The second kappa shape index (κ2) is 5.99. The second-order valence-corrected chi connectivity index (χ2v) is 2.66. The van der Waals surface area contributed by atoms with Gasteiger partial charge in [0.2, 0.25) is 0 Å². The smallest absolute Gasteiger partial charge is 0.267 e. The first-order valence-electron chi connectivity index (χ1n) is 3.68. The Morgan fingerprint density at radius 3 is 2.64 bits per heavy atom. The molecular weight excluding hydrogens is 204 g/mol. The third-order valence-corrected chi connectivity index (χ3v) is 1.55. The molecule has 0 saturated heterocycles. The average molecular weight is 214 g/mol.